The standard InChI is InChI=1S/C19H10F12N2/c20-16(21,22)10-4-11(17(23,24)25)7-14(6-10)32-2-1-3-33-15-8-12(18(26,27)28)5-13(9-15)19(29,30)31/h1-9,32H. The van der Waals surface area contributed by atoms with Crippen molar-refractivity contribution in [1.82, 2.24) is 0 Å². The first-order valence-corrected chi connectivity index (χ1v) is 8.42. The fourth-order valence-electron chi connectivity index (χ4n) is 2.37. The Morgan fingerprint density at radius 2 is 0.909 bits per heavy atom. The molecule has 0 heterocycles. The number of hydrogen-bond acceptors (Lipinski definition) is 2. The van der Waals surface area contributed by atoms with E-state index >= 15 is 0 Å². The zero-order valence-corrected chi connectivity index (χ0v) is 15.7. The van der Waals surface area contributed by atoms with Crippen LogP contribution in [0.15, 0.2) is 53.7 Å². The summed E-state index contributed by atoms with van der Waals surface area (Å²) in [7, 11) is 0. The lowest BCUT2D eigenvalue weighted by Crippen LogP contribution is -2.11. The second-order valence-corrected chi connectivity index (χ2v) is 6.34. The average molecular weight is 494 g/mol. The van der Waals surface area contributed by atoms with Gasteiger partial charge in [-0.3, -0.25) is 4.99 Å². The van der Waals surface area contributed by atoms with Gasteiger partial charge in [-0.05, 0) is 42.5 Å². The molecular formula is C19H10F12N2. The van der Waals surface area contributed by atoms with Gasteiger partial charge < -0.3 is 5.32 Å². The molecule has 33 heavy (non-hydrogen) atoms. The Hall–Kier alpha value is -3.19. The number of nitrogens with zero attached hydrogens (tertiary/aromatic N) is 1. The zero-order chi connectivity index (χ0) is 25.2. The van der Waals surface area contributed by atoms with Gasteiger partial charge in [0.15, 0.2) is 0 Å². The van der Waals surface area contributed by atoms with Crippen LogP contribution in [0.2, 0.25) is 0 Å². The molecule has 0 radical (unpaired) electrons. The molecule has 2 rings (SSSR count). The van der Waals surface area contributed by atoms with Crippen LogP contribution in [0, 0.1) is 0 Å². The normalized spacial score (nSPS) is 13.8. The van der Waals surface area contributed by atoms with Gasteiger partial charge in [0.2, 0.25) is 0 Å². The Kier molecular flexibility index (Phi) is 7.09. The third-order valence-electron chi connectivity index (χ3n) is 3.82. The maximum Gasteiger partial charge on any atom is 0.416 e. The Bertz CT molecular complexity index is 976. The van der Waals surface area contributed by atoms with E-state index in [-0.39, 0.29) is 12.1 Å². The molecule has 14 heteroatoms. The van der Waals surface area contributed by atoms with Crippen LogP contribution >= 0.6 is 0 Å². The second kappa shape index (κ2) is 8.98. The van der Waals surface area contributed by atoms with Gasteiger partial charge in [0.25, 0.3) is 0 Å². The predicted molar refractivity (Wildman–Crippen MR) is 93.8 cm³/mol. The molecule has 0 unspecified atom stereocenters. The number of hydrogen-bond donors (Lipinski definition) is 1. The first-order valence-electron chi connectivity index (χ1n) is 8.42. The van der Waals surface area contributed by atoms with Gasteiger partial charge >= 0.3 is 24.7 Å². The number of nitrogens with one attached hydrogen (secondary N) is 1. The number of allylic oxidation sites excluding steroid dienone is 1. The molecule has 0 spiro atoms. The topological polar surface area (TPSA) is 24.4 Å². The van der Waals surface area contributed by atoms with Gasteiger partial charge in [-0.1, -0.05) is 0 Å². The van der Waals surface area contributed by atoms with E-state index < -0.39 is 58.3 Å². The highest BCUT2D eigenvalue weighted by atomic mass is 19.4. The Labute approximate surface area is 177 Å². The quantitative estimate of drug-likeness (QED) is 0.337. The average Bonchev–Trinajstić information content (AvgIpc) is 2.64. The lowest BCUT2D eigenvalue weighted by atomic mass is 10.1. The van der Waals surface area contributed by atoms with Gasteiger partial charge in [0.05, 0.1) is 27.9 Å². The molecule has 0 fully saturated rings. The minimum atomic E-state index is -5.09. The van der Waals surface area contributed by atoms with Crippen molar-refractivity contribution in [2.24, 2.45) is 4.99 Å². The monoisotopic (exact) mass is 494 g/mol. The third kappa shape index (κ3) is 7.43. The molecule has 0 bridgehead atoms. The molecule has 2 nitrogen and oxygen atoms in total. The summed E-state index contributed by atoms with van der Waals surface area (Å²) in [6, 6.07) is 1.20. The molecule has 0 aromatic heterocycles. The smallest absolute Gasteiger partial charge is 0.362 e. The molecule has 0 aliphatic carbocycles. The van der Waals surface area contributed by atoms with Crippen molar-refractivity contribution in [3.63, 3.8) is 0 Å². The van der Waals surface area contributed by atoms with Crippen LogP contribution in [-0.2, 0) is 24.7 Å². The third-order valence-corrected chi connectivity index (χ3v) is 3.82. The lowest BCUT2D eigenvalue weighted by molar-refractivity contribution is -0.144. The summed E-state index contributed by atoms with van der Waals surface area (Å²) in [4.78, 5) is 3.39. The van der Waals surface area contributed by atoms with Crippen molar-refractivity contribution in [2.75, 3.05) is 5.32 Å². The van der Waals surface area contributed by atoms with Gasteiger partial charge in [-0.25, -0.2) is 0 Å². The number of rotatable bonds is 4. The summed E-state index contributed by atoms with van der Waals surface area (Å²) < 4.78 is 154. The van der Waals surface area contributed by atoms with Crippen LogP contribution in [0.3, 0.4) is 0 Å². The first-order chi connectivity index (χ1) is 14.9. The highest BCUT2D eigenvalue weighted by Crippen LogP contribution is 2.39. The van der Waals surface area contributed by atoms with E-state index in [4.69, 9.17) is 0 Å². The van der Waals surface area contributed by atoms with Crippen molar-refractivity contribution >= 4 is 17.6 Å². The van der Waals surface area contributed by atoms with Crippen molar-refractivity contribution in [3.05, 3.63) is 70.9 Å². The Morgan fingerprint density at radius 1 is 0.545 bits per heavy atom. The van der Waals surface area contributed by atoms with Gasteiger partial charge in [0.1, 0.15) is 0 Å². The summed E-state index contributed by atoms with van der Waals surface area (Å²) in [6.07, 6.45) is -18.0. The molecule has 0 aliphatic rings. The molecule has 0 aliphatic heterocycles. The van der Waals surface area contributed by atoms with E-state index in [1.165, 1.54) is 0 Å². The maximum atomic E-state index is 12.8. The summed E-state index contributed by atoms with van der Waals surface area (Å²) in [5, 5.41) is 2.10. The molecule has 0 saturated heterocycles. The Balaban J connectivity index is 2.27. The minimum absolute atomic E-state index is 0.0950. The van der Waals surface area contributed by atoms with Crippen LogP contribution in [0.5, 0.6) is 0 Å². The van der Waals surface area contributed by atoms with Gasteiger partial charge in [-0.2, -0.15) is 52.7 Å². The molecule has 2 aromatic carbocycles. The van der Waals surface area contributed by atoms with Crippen LogP contribution in [0.4, 0.5) is 64.1 Å². The van der Waals surface area contributed by atoms with Crippen molar-refractivity contribution in [2.45, 2.75) is 24.7 Å². The van der Waals surface area contributed by atoms with E-state index in [2.05, 4.69) is 10.3 Å². The predicted octanol–water partition coefficient (Wildman–Crippen LogP) is 8.09. The number of alkyl halides is 12. The van der Waals surface area contributed by atoms with Crippen LogP contribution in [0.25, 0.3) is 0 Å². The SMILES string of the molecule is FC(F)(F)c1cc(N=CC=CNc2cc(C(F)(F)F)cc(C(F)(F)F)c2)cc(C(F)(F)F)c1. The molecular weight excluding hydrogens is 484 g/mol. The minimum Gasteiger partial charge on any atom is -0.362 e. The fraction of sp³-hybridized carbons (Fsp3) is 0.211. The first kappa shape index (κ1) is 26.1. The molecule has 0 saturated carbocycles. The highest BCUT2D eigenvalue weighted by molar-refractivity contribution is 5.75. The van der Waals surface area contributed by atoms with E-state index in [0.29, 0.717) is 30.5 Å². The van der Waals surface area contributed by atoms with E-state index in [9.17, 15) is 52.7 Å². The van der Waals surface area contributed by atoms with Gasteiger partial charge in [-0.15, -0.1) is 0 Å². The molecule has 2 aromatic rings. The maximum absolute atomic E-state index is 12.8. The van der Waals surface area contributed by atoms with E-state index in [1.54, 1.807) is 0 Å². The van der Waals surface area contributed by atoms with Crippen molar-refractivity contribution in [3.8, 4) is 0 Å². The largest absolute Gasteiger partial charge is 0.416 e. The summed E-state index contributed by atoms with van der Waals surface area (Å²) in [5.41, 5.74) is -7.78. The van der Waals surface area contributed by atoms with E-state index in [0.717, 1.165) is 12.3 Å². The van der Waals surface area contributed by atoms with Crippen LogP contribution in [0.1, 0.15) is 22.3 Å². The summed E-state index contributed by atoms with van der Waals surface area (Å²) >= 11 is 0. The fourth-order valence-corrected chi connectivity index (χ4v) is 2.37. The van der Waals surface area contributed by atoms with Crippen LogP contribution < -0.4 is 5.32 Å². The Morgan fingerprint density at radius 3 is 1.27 bits per heavy atom. The zero-order valence-electron chi connectivity index (χ0n) is 15.7. The van der Waals surface area contributed by atoms with E-state index in [1.807, 2.05) is 0 Å². The summed E-state index contributed by atoms with van der Waals surface area (Å²) in [6.45, 7) is 0. The van der Waals surface area contributed by atoms with Gasteiger partial charge in [0, 0.05) is 18.1 Å². The lowest BCUT2D eigenvalue weighted by Gasteiger charge is -2.14. The second-order valence-electron chi connectivity index (χ2n) is 6.34. The highest BCUT2D eigenvalue weighted by Gasteiger charge is 2.38. The molecule has 0 atom stereocenters. The number of benzene rings is 2. The molecule has 1 N–H and O–H groups in total. The summed E-state index contributed by atoms with van der Waals surface area (Å²) in [5.74, 6) is 0. The molecule has 0 amide bonds. The number of anilines is 1. The number of halogens is 12. The van der Waals surface area contributed by atoms with Crippen molar-refractivity contribution < 1.29 is 52.7 Å². The molecule has 180 valence electrons. The number of aliphatic imine (C=N–C) groups is 1. The van der Waals surface area contributed by atoms with Crippen LogP contribution in [-0.4, -0.2) is 6.21 Å². The van der Waals surface area contributed by atoms with Crippen molar-refractivity contribution in [1.29, 1.82) is 0 Å².